The predicted molar refractivity (Wildman–Crippen MR) is 66.0 cm³/mol. The van der Waals surface area contributed by atoms with Crippen molar-refractivity contribution in [2.24, 2.45) is 0 Å². The van der Waals surface area contributed by atoms with Crippen molar-refractivity contribution >= 4 is 17.6 Å². The number of amides is 3. The van der Waals surface area contributed by atoms with Crippen LogP contribution in [-0.2, 0) is 11.3 Å². The van der Waals surface area contributed by atoms with E-state index in [1.165, 1.54) is 16.9 Å². The third kappa shape index (κ3) is 2.09. The molecule has 1 heterocycles. The summed E-state index contributed by atoms with van der Waals surface area (Å²) in [5, 5.41) is 0. The first-order valence-electron chi connectivity index (χ1n) is 5.50. The molecule has 1 saturated heterocycles. The second-order valence-electron chi connectivity index (χ2n) is 4.19. The van der Waals surface area contributed by atoms with Crippen LogP contribution >= 0.6 is 0 Å². The number of hydrogen-bond donors (Lipinski definition) is 1. The summed E-state index contributed by atoms with van der Waals surface area (Å²) < 4.78 is 5.19. The van der Waals surface area contributed by atoms with E-state index in [0.29, 0.717) is 11.4 Å². The summed E-state index contributed by atoms with van der Waals surface area (Å²) in [5.41, 5.74) is 6.98. The maximum atomic E-state index is 11.8. The highest BCUT2D eigenvalue weighted by Gasteiger charge is 2.33. The molecule has 0 aliphatic carbocycles. The summed E-state index contributed by atoms with van der Waals surface area (Å²) in [7, 11) is 3.13. The molecule has 6 heteroatoms. The van der Waals surface area contributed by atoms with Gasteiger partial charge in [-0.25, -0.2) is 4.79 Å². The topological polar surface area (TPSA) is 75.9 Å². The second-order valence-corrected chi connectivity index (χ2v) is 4.19. The second kappa shape index (κ2) is 4.56. The van der Waals surface area contributed by atoms with E-state index in [1.807, 2.05) is 0 Å². The van der Waals surface area contributed by atoms with Gasteiger partial charge >= 0.3 is 6.03 Å². The smallest absolute Gasteiger partial charge is 0.327 e. The molecule has 6 nitrogen and oxygen atoms in total. The molecule has 96 valence electrons. The van der Waals surface area contributed by atoms with Gasteiger partial charge in [0, 0.05) is 18.3 Å². The number of likely N-dealkylation sites (N-methyl/N-ethyl adjacent to an activating group) is 1. The van der Waals surface area contributed by atoms with Gasteiger partial charge in [0.2, 0.25) is 0 Å². The Bertz CT molecular complexity index is 501. The SMILES string of the molecule is COc1ccc(N)cc1CN1C(=O)CN(C)C1=O. The van der Waals surface area contributed by atoms with Gasteiger partial charge in [0.05, 0.1) is 13.7 Å². The van der Waals surface area contributed by atoms with E-state index in [9.17, 15) is 9.59 Å². The zero-order valence-corrected chi connectivity index (χ0v) is 10.3. The lowest BCUT2D eigenvalue weighted by Gasteiger charge is -2.16. The fourth-order valence-electron chi connectivity index (χ4n) is 1.92. The average Bonchev–Trinajstić information content (AvgIpc) is 2.56. The van der Waals surface area contributed by atoms with Gasteiger partial charge in [-0.1, -0.05) is 0 Å². The van der Waals surface area contributed by atoms with E-state index in [0.717, 1.165) is 5.56 Å². The number of carbonyl (C=O) groups excluding carboxylic acids is 2. The fourth-order valence-corrected chi connectivity index (χ4v) is 1.92. The number of nitrogen functional groups attached to an aromatic ring is 1. The number of urea groups is 1. The standard InChI is InChI=1S/C12H15N3O3/c1-14-7-11(16)15(12(14)17)6-8-5-9(13)3-4-10(8)18-2/h3-5H,6-7,13H2,1-2H3. The first-order valence-corrected chi connectivity index (χ1v) is 5.50. The van der Waals surface area contributed by atoms with Crippen molar-refractivity contribution in [3.63, 3.8) is 0 Å². The monoisotopic (exact) mass is 249 g/mol. The highest BCUT2D eigenvalue weighted by Crippen LogP contribution is 2.24. The summed E-state index contributed by atoms with van der Waals surface area (Å²) in [6.07, 6.45) is 0. The van der Waals surface area contributed by atoms with Crippen molar-refractivity contribution in [2.45, 2.75) is 6.54 Å². The predicted octanol–water partition coefficient (Wildman–Crippen LogP) is 0.671. The Morgan fingerprint density at radius 3 is 2.67 bits per heavy atom. The van der Waals surface area contributed by atoms with Gasteiger partial charge < -0.3 is 15.4 Å². The van der Waals surface area contributed by atoms with Crippen LogP contribution in [0.5, 0.6) is 5.75 Å². The van der Waals surface area contributed by atoms with Crippen LogP contribution in [0.4, 0.5) is 10.5 Å². The molecule has 0 bridgehead atoms. The highest BCUT2D eigenvalue weighted by molar-refractivity contribution is 6.01. The van der Waals surface area contributed by atoms with Crippen LogP contribution in [0, 0.1) is 0 Å². The molecule has 0 unspecified atom stereocenters. The molecule has 0 radical (unpaired) electrons. The third-order valence-electron chi connectivity index (χ3n) is 2.86. The van der Waals surface area contributed by atoms with Crippen molar-refractivity contribution in [1.29, 1.82) is 0 Å². The largest absolute Gasteiger partial charge is 0.496 e. The number of benzene rings is 1. The van der Waals surface area contributed by atoms with Gasteiger partial charge in [-0.05, 0) is 18.2 Å². The summed E-state index contributed by atoms with van der Waals surface area (Å²) in [5.74, 6) is 0.395. The first kappa shape index (κ1) is 12.2. The Balaban J connectivity index is 2.26. The van der Waals surface area contributed by atoms with Crippen LogP contribution < -0.4 is 10.5 Å². The van der Waals surface area contributed by atoms with Gasteiger partial charge in [-0.15, -0.1) is 0 Å². The lowest BCUT2D eigenvalue weighted by molar-refractivity contribution is -0.125. The lowest BCUT2D eigenvalue weighted by atomic mass is 10.1. The van der Waals surface area contributed by atoms with Gasteiger partial charge in [0.25, 0.3) is 5.91 Å². The van der Waals surface area contributed by atoms with E-state index in [2.05, 4.69) is 0 Å². The number of hydrogen-bond acceptors (Lipinski definition) is 4. The Hall–Kier alpha value is -2.24. The number of rotatable bonds is 3. The normalized spacial score (nSPS) is 15.4. The van der Waals surface area contributed by atoms with Gasteiger partial charge in [-0.2, -0.15) is 0 Å². The molecule has 0 saturated carbocycles. The molecule has 1 aromatic rings. The van der Waals surface area contributed by atoms with E-state index in [-0.39, 0.29) is 25.0 Å². The Labute approximate surface area is 105 Å². The summed E-state index contributed by atoms with van der Waals surface area (Å²) in [6.45, 7) is 0.291. The van der Waals surface area contributed by atoms with Crippen molar-refractivity contribution < 1.29 is 14.3 Å². The first-order chi connectivity index (χ1) is 8.52. The number of ether oxygens (including phenoxy) is 1. The molecule has 1 fully saturated rings. The molecule has 2 rings (SSSR count). The maximum absolute atomic E-state index is 11.8. The number of imide groups is 1. The summed E-state index contributed by atoms with van der Waals surface area (Å²) in [6, 6.07) is 4.84. The van der Waals surface area contributed by atoms with Gasteiger partial charge in [-0.3, -0.25) is 9.69 Å². The van der Waals surface area contributed by atoms with E-state index in [1.54, 1.807) is 25.2 Å². The molecular weight excluding hydrogens is 234 g/mol. The van der Waals surface area contributed by atoms with Crippen LogP contribution in [0.2, 0.25) is 0 Å². The van der Waals surface area contributed by atoms with Crippen molar-refractivity contribution in [3.8, 4) is 5.75 Å². The van der Waals surface area contributed by atoms with Crippen molar-refractivity contribution in [2.75, 3.05) is 26.4 Å². The molecule has 1 aliphatic heterocycles. The maximum Gasteiger partial charge on any atom is 0.327 e. The quantitative estimate of drug-likeness (QED) is 0.631. The van der Waals surface area contributed by atoms with Gasteiger partial charge in [0.1, 0.15) is 12.3 Å². The van der Waals surface area contributed by atoms with Crippen LogP contribution in [0.25, 0.3) is 0 Å². The lowest BCUT2D eigenvalue weighted by Crippen LogP contribution is -2.31. The van der Waals surface area contributed by atoms with Crippen LogP contribution in [0.3, 0.4) is 0 Å². The Morgan fingerprint density at radius 2 is 2.11 bits per heavy atom. The summed E-state index contributed by atoms with van der Waals surface area (Å²) in [4.78, 5) is 26.0. The number of anilines is 1. The van der Waals surface area contributed by atoms with Crippen LogP contribution in [-0.4, -0.2) is 42.4 Å². The zero-order chi connectivity index (χ0) is 13.3. The number of carbonyl (C=O) groups is 2. The summed E-state index contributed by atoms with van der Waals surface area (Å²) >= 11 is 0. The highest BCUT2D eigenvalue weighted by atomic mass is 16.5. The van der Waals surface area contributed by atoms with Crippen molar-refractivity contribution in [3.05, 3.63) is 23.8 Å². The van der Waals surface area contributed by atoms with E-state index >= 15 is 0 Å². The number of nitrogens with zero attached hydrogens (tertiary/aromatic N) is 2. The van der Waals surface area contributed by atoms with E-state index < -0.39 is 0 Å². The minimum Gasteiger partial charge on any atom is -0.496 e. The zero-order valence-electron chi connectivity index (χ0n) is 10.3. The minimum absolute atomic E-state index is 0.115. The molecule has 1 aromatic carbocycles. The van der Waals surface area contributed by atoms with Crippen LogP contribution in [0.1, 0.15) is 5.56 Å². The molecule has 3 amide bonds. The third-order valence-corrected chi connectivity index (χ3v) is 2.86. The molecule has 1 aliphatic rings. The molecule has 0 aromatic heterocycles. The molecule has 2 N–H and O–H groups in total. The molecular formula is C12H15N3O3. The van der Waals surface area contributed by atoms with E-state index in [4.69, 9.17) is 10.5 Å². The van der Waals surface area contributed by atoms with Gasteiger partial charge in [0.15, 0.2) is 0 Å². The molecule has 0 spiro atoms. The molecule has 18 heavy (non-hydrogen) atoms. The van der Waals surface area contributed by atoms with Crippen molar-refractivity contribution in [1.82, 2.24) is 9.80 Å². The number of nitrogens with two attached hydrogens (primary N) is 1. The number of methoxy groups -OCH3 is 1. The van der Waals surface area contributed by atoms with Crippen LogP contribution in [0.15, 0.2) is 18.2 Å². The minimum atomic E-state index is -0.301. The molecule has 0 atom stereocenters. The Morgan fingerprint density at radius 1 is 1.39 bits per heavy atom. The average molecular weight is 249 g/mol. The Kier molecular flexibility index (Phi) is 3.10. The fraction of sp³-hybridized carbons (Fsp3) is 0.333.